The molecule has 0 unspecified atom stereocenters. The first-order valence-electron chi connectivity index (χ1n) is 7.36. The Kier molecular flexibility index (Phi) is 5.64. The van der Waals surface area contributed by atoms with Gasteiger partial charge in [-0.25, -0.2) is 0 Å². The van der Waals surface area contributed by atoms with Gasteiger partial charge in [0.25, 0.3) is 0 Å². The molecule has 1 aromatic carbocycles. The van der Waals surface area contributed by atoms with Crippen molar-refractivity contribution in [2.24, 2.45) is 0 Å². The van der Waals surface area contributed by atoms with Gasteiger partial charge in [0.05, 0.1) is 11.6 Å². The lowest BCUT2D eigenvalue weighted by atomic mass is 10.2. The second-order valence-corrected chi connectivity index (χ2v) is 7.34. The Morgan fingerprint density at radius 2 is 1.86 bits per heavy atom. The van der Waals surface area contributed by atoms with Crippen LogP contribution in [-0.2, 0) is 5.75 Å². The Morgan fingerprint density at radius 1 is 1.23 bits per heavy atom. The first kappa shape index (κ1) is 17.0. The van der Waals surface area contributed by atoms with E-state index in [1.165, 1.54) is 11.8 Å². The van der Waals surface area contributed by atoms with Crippen molar-refractivity contribution in [2.45, 2.75) is 45.5 Å². The van der Waals surface area contributed by atoms with Crippen LogP contribution >= 0.6 is 24.0 Å². The maximum absolute atomic E-state index is 12.4. The second kappa shape index (κ2) is 7.29. The molecule has 0 aliphatic heterocycles. The zero-order valence-corrected chi connectivity index (χ0v) is 15.0. The SMILES string of the molecule is CC(C)N(C(=S)SCc1coc2ccccc2c1=O)C(C)C. The van der Waals surface area contributed by atoms with Gasteiger partial charge in [0.15, 0.2) is 5.43 Å². The van der Waals surface area contributed by atoms with Gasteiger partial charge in [-0.1, -0.05) is 36.1 Å². The number of fused-ring (bicyclic) bond motifs is 1. The van der Waals surface area contributed by atoms with Crippen molar-refractivity contribution in [3.05, 3.63) is 46.3 Å². The van der Waals surface area contributed by atoms with Crippen molar-refractivity contribution in [2.75, 3.05) is 0 Å². The minimum Gasteiger partial charge on any atom is -0.464 e. The maximum Gasteiger partial charge on any atom is 0.196 e. The fraction of sp³-hybridized carbons (Fsp3) is 0.412. The van der Waals surface area contributed by atoms with Gasteiger partial charge in [-0.3, -0.25) is 4.79 Å². The molecule has 0 saturated heterocycles. The van der Waals surface area contributed by atoms with Crippen LogP contribution in [0.15, 0.2) is 39.7 Å². The number of nitrogens with zero attached hydrogens (tertiary/aromatic N) is 1. The fourth-order valence-electron chi connectivity index (χ4n) is 2.45. The number of para-hydroxylation sites is 1. The van der Waals surface area contributed by atoms with E-state index in [0.717, 1.165) is 4.32 Å². The van der Waals surface area contributed by atoms with E-state index in [9.17, 15) is 4.79 Å². The molecule has 0 fully saturated rings. The standard InChI is InChI=1S/C17H21NO2S2/c1-11(2)18(12(3)4)17(21)22-10-13-9-20-15-8-6-5-7-14(15)16(13)19/h5-9,11-12H,10H2,1-4H3. The molecule has 0 saturated carbocycles. The van der Waals surface area contributed by atoms with Crippen LogP contribution in [0.2, 0.25) is 0 Å². The molecule has 1 aromatic heterocycles. The summed E-state index contributed by atoms with van der Waals surface area (Å²) in [5, 5.41) is 0.621. The first-order chi connectivity index (χ1) is 10.4. The van der Waals surface area contributed by atoms with Crippen molar-refractivity contribution in [1.29, 1.82) is 0 Å². The van der Waals surface area contributed by atoms with E-state index in [2.05, 4.69) is 32.6 Å². The third-order valence-electron chi connectivity index (χ3n) is 3.43. The molecular formula is C17H21NO2S2. The number of thioether (sulfide) groups is 1. The molecule has 0 bridgehead atoms. The number of hydrogen-bond acceptors (Lipinski definition) is 4. The molecule has 0 atom stereocenters. The molecule has 3 nitrogen and oxygen atoms in total. The largest absolute Gasteiger partial charge is 0.464 e. The Bertz CT molecular complexity index is 714. The maximum atomic E-state index is 12.4. The lowest BCUT2D eigenvalue weighted by Gasteiger charge is -2.32. The number of rotatable bonds is 4. The quantitative estimate of drug-likeness (QED) is 0.772. The monoisotopic (exact) mass is 335 g/mol. The van der Waals surface area contributed by atoms with Crippen LogP contribution in [0.5, 0.6) is 0 Å². The van der Waals surface area contributed by atoms with Crippen LogP contribution in [0.25, 0.3) is 11.0 Å². The fourth-order valence-corrected chi connectivity index (χ4v) is 4.10. The van der Waals surface area contributed by atoms with Crippen LogP contribution in [-0.4, -0.2) is 21.3 Å². The summed E-state index contributed by atoms with van der Waals surface area (Å²) in [5.41, 5.74) is 1.30. The van der Waals surface area contributed by atoms with Crippen LogP contribution < -0.4 is 5.43 Å². The van der Waals surface area contributed by atoms with Gasteiger partial charge >= 0.3 is 0 Å². The molecule has 0 aliphatic carbocycles. The van der Waals surface area contributed by atoms with E-state index < -0.39 is 0 Å². The Morgan fingerprint density at radius 3 is 2.50 bits per heavy atom. The Hall–Kier alpha value is -1.33. The number of thiocarbonyl (C=S) groups is 1. The molecule has 1 heterocycles. The van der Waals surface area contributed by atoms with E-state index in [4.69, 9.17) is 16.6 Å². The number of benzene rings is 1. The zero-order chi connectivity index (χ0) is 16.3. The van der Waals surface area contributed by atoms with Crippen molar-refractivity contribution in [3.63, 3.8) is 0 Å². The third-order valence-corrected chi connectivity index (χ3v) is 4.90. The number of hydrogen-bond donors (Lipinski definition) is 0. The molecule has 22 heavy (non-hydrogen) atoms. The van der Waals surface area contributed by atoms with Gasteiger partial charge in [-0.2, -0.15) is 0 Å². The molecule has 0 radical (unpaired) electrons. The summed E-state index contributed by atoms with van der Waals surface area (Å²) in [6.45, 7) is 8.49. The van der Waals surface area contributed by atoms with Crippen molar-refractivity contribution >= 4 is 39.3 Å². The molecule has 2 aromatic rings. The van der Waals surface area contributed by atoms with Gasteiger partial charge in [0.2, 0.25) is 0 Å². The topological polar surface area (TPSA) is 33.5 Å². The van der Waals surface area contributed by atoms with E-state index in [0.29, 0.717) is 34.4 Å². The summed E-state index contributed by atoms with van der Waals surface area (Å²) in [6, 6.07) is 7.98. The smallest absolute Gasteiger partial charge is 0.196 e. The Balaban J connectivity index is 2.17. The molecular weight excluding hydrogens is 314 g/mol. The molecule has 0 N–H and O–H groups in total. The molecule has 0 spiro atoms. The highest BCUT2D eigenvalue weighted by molar-refractivity contribution is 8.22. The van der Waals surface area contributed by atoms with E-state index in [1.807, 2.05) is 12.1 Å². The average molecular weight is 335 g/mol. The lowest BCUT2D eigenvalue weighted by Crippen LogP contribution is -2.39. The summed E-state index contributed by atoms with van der Waals surface area (Å²) in [7, 11) is 0. The zero-order valence-electron chi connectivity index (χ0n) is 13.3. The van der Waals surface area contributed by atoms with Crippen LogP contribution in [0.4, 0.5) is 0 Å². The summed E-state index contributed by atoms with van der Waals surface area (Å²) in [4.78, 5) is 14.6. The summed E-state index contributed by atoms with van der Waals surface area (Å²) in [6.07, 6.45) is 1.55. The Labute approximate surface area is 140 Å². The predicted molar refractivity (Wildman–Crippen MR) is 98.5 cm³/mol. The second-order valence-electron chi connectivity index (χ2n) is 5.74. The molecule has 2 rings (SSSR count). The lowest BCUT2D eigenvalue weighted by molar-refractivity contribution is 0.303. The van der Waals surface area contributed by atoms with Crippen LogP contribution in [0.1, 0.15) is 33.3 Å². The summed E-state index contributed by atoms with van der Waals surface area (Å²) >= 11 is 7.04. The highest BCUT2D eigenvalue weighted by atomic mass is 32.2. The van der Waals surface area contributed by atoms with E-state index >= 15 is 0 Å². The highest BCUT2D eigenvalue weighted by Gasteiger charge is 2.18. The first-order valence-corrected chi connectivity index (χ1v) is 8.75. The molecule has 0 aliphatic rings. The summed E-state index contributed by atoms with van der Waals surface area (Å²) < 4.78 is 6.36. The van der Waals surface area contributed by atoms with E-state index in [1.54, 1.807) is 18.4 Å². The van der Waals surface area contributed by atoms with Gasteiger partial charge in [0, 0.05) is 23.4 Å². The molecule has 0 amide bonds. The van der Waals surface area contributed by atoms with Crippen LogP contribution in [0, 0.1) is 0 Å². The minimum atomic E-state index is 0.0257. The third kappa shape index (κ3) is 3.70. The summed E-state index contributed by atoms with van der Waals surface area (Å²) in [5.74, 6) is 0.530. The van der Waals surface area contributed by atoms with Crippen molar-refractivity contribution < 1.29 is 4.42 Å². The minimum absolute atomic E-state index is 0.0257. The van der Waals surface area contributed by atoms with Gasteiger partial charge in [0.1, 0.15) is 9.90 Å². The van der Waals surface area contributed by atoms with Gasteiger partial charge in [-0.05, 0) is 39.8 Å². The van der Waals surface area contributed by atoms with E-state index in [-0.39, 0.29) is 5.43 Å². The predicted octanol–water partition coefficient (Wildman–Crippen LogP) is 4.43. The normalized spacial score (nSPS) is 11.4. The molecule has 118 valence electrons. The van der Waals surface area contributed by atoms with Crippen molar-refractivity contribution in [1.82, 2.24) is 4.90 Å². The van der Waals surface area contributed by atoms with Gasteiger partial charge < -0.3 is 9.32 Å². The molecule has 5 heteroatoms. The average Bonchev–Trinajstić information content (AvgIpc) is 2.46. The van der Waals surface area contributed by atoms with Crippen molar-refractivity contribution in [3.8, 4) is 0 Å². The highest BCUT2D eigenvalue weighted by Crippen LogP contribution is 2.20. The van der Waals surface area contributed by atoms with Gasteiger partial charge in [-0.15, -0.1) is 0 Å². The van der Waals surface area contributed by atoms with Crippen LogP contribution in [0.3, 0.4) is 0 Å².